The Morgan fingerprint density at radius 2 is 1.50 bits per heavy atom. The van der Waals surface area contributed by atoms with Crippen LogP contribution in [0.3, 0.4) is 0 Å². The van der Waals surface area contributed by atoms with E-state index in [0.717, 1.165) is 10.9 Å². The zero-order valence-electron chi connectivity index (χ0n) is 14.9. The maximum Gasteiger partial charge on any atom is 0.260 e. The maximum absolute atomic E-state index is 13.2. The molecule has 0 unspecified atom stereocenters. The summed E-state index contributed by atoms with van der Waals surface area (Å²) < 4.78 is 13.2. The lowest BCUT2D eigenvalue weighted by molar-refractivity contribution is 0.103. The molecule has 0 atom stereocenters. The average Bonchev–Trinajstić information content (AvgIpc) is 2.73. The van der Waals surface area contributed by atoms with Crippen molar-refractivity contribution >= 4 is 28.8 Å². The van der Waals surface area contributed by atoms with Gasteiger partial charge in [0, 0.05) is 22.0 Å². The van der Waals surface area contributed by atoms with E-state index in [1.54, 1.807) is 54.6 Å². The third-order valence-corrected chi connectivity index (χ3v) is 4.54. The second-order valence-electron chi connectivity index (χ2n) is 6.37. The minimum absolute atomic E-state index is 0.0864. The number of aromatic amines is 1. The van der Waals surface area contributed by atoms with Gasteiger partial charge in [-0.2, -0.15) is 0 Å². The Bertz CT molecular complexity index is 1240. The number of carbonyl (C=O) groups is 1. The SMILES string of the molecule is O=C(c1ccccc1)c1c(/C=C/c2ccc(F)cc2)c2ccccc2[nH]c1=O. The molecule has 28 heavy (non-hydrogen) atoms. The molecule has 4 rings (SSSR count). The van der Waals surface area contributed by atoms with Crippen LogP contribution >= 0.6 is 0 Å². The molecule has 0 spiro atoms. The van der Waals surface area contributed by atoms with Crippen molar-refractivity contribution in [3.05, 3.63) is 117 Å². The first-order valence-electron chi connectivity index (χ1n) is 8.82. The Balaban J connectivity index is 1.92. The summed E-state index contributed by atoms with van der Waals surface area (Å²) in [5.41, 5.74) is 2.05. The van der Waals surface area contributed by atoms with Gasteiger partial charge in [-0.15, -0.1) is 0 Å². The smallest absolute Gasteiger partial charge is 0.260 e. The quantitative estimate of drug-likeness (QED) is 0.511. The predicted molar refractivity (Wildman–Crippen MR) is 110 cm³/mol. The third-order valence-electron chi connectivity index (χ3n) is 4.54. The zero-order chi connectivity index (χ0) is 19.5. The molecule has 4 aromatic rings. The van der Waals surface area contributed by atoms with E-state index < -0.39 is 5.56 Å². The van der Waals surface area contributed by atoms with E-state index in [4.69, 9.17) is 0 Å². The lowest BCUT2D eigenvalue weighted by Crippen LogP contribution is -2.20. The standard InChI is InChI=1S/C24H16FNO2/c25-18-13-10-16(11-14-18)12-15-20-19-8-4-5-9-21(19)26-24(28)22(20)23(27)17-6-2-1-3-7-17/h1-15H,(H,26,28)/b15-12+. The van der Waals surface area contributed by atoms with E-state index in [9.17, 15) is 14.0 Å². The van der Waals surface area contributed by atoms with E-state index in [2.05, 4.69) is 4.98 Å². The van der Waals surface area contributed by atoms with Crippen LogP contribution in [0, 0.1) is 5.82 Å². The molecule has 0 saturated heterocycles. The molecule has 1 N–H and O–H groups in total. The molecule has 0 aliphatic carbocycles. The first-order valence-corrected chi connectivity index (χ1v) is 8.82. The zero-order valence-corrected chi connectivity index (χ0v) is 14.9. The molecule has 0 radical (unpaired) electrons. The fourth-order valence-electron chi connectivity index (χ4n) is 3.15. The minimum Gasteiger partial charge on any atom is -0.321 e. The van der Waals surface area contributed by atoms with Crippen LogP contribution in [0.5, 0.6) is 0 Å². The van der Waals surface area contributed by atoms with E-state index in [0.29, 0.717) is 16.6 Å². The number of H-pyrrole nitrogens is 1. The van der Waals surface area contributed by atoms with Gasteiger partial charge in [0.25, 0.3) is 5.56 Å². The van der Waals surface area contributed by atoms with Gasteiger partial charge in [0.15, 0.2) is 5.78 Å². The number of rotatable bonds is 4. The number of ketones is 1. The van der Waals surface area contributed by atoms with Gasteiger partial charge in [-0.1, -0.05) is 72.8 Å². The van der Waals surface area contributed by atoms with Crippen LogP contribution in [0.4, 0.5) is 4.39 Å². The van der Waals surface area contributed by atoms with E-state index >= 15 is 0 Å². The molecule has 0 aliphatic heterocycles. The molecule has 3 nitrogen and oxygen atoms in total. The summed E-state index contributed by atoms with van der Waals surface area (Å²) in [6.07, 6.45) is 3.50. The van der Waals surface area contributed by atoms with Crippen LogP contribution in [0.15, 0.2) is 83.7 Å². The molecule has 0 aliphatic rings. The topological polar surface area (TPSA) is 49.9 Å². The van der Waals surface area contributed by atoms with Crippen molar-refractivity contribution < 1.29 is 9.18 Å². The number of hydrogen-bond acceptors (Lipinski definition) is 2. The average molecular weight is 369 g/mol. The van der Waals surface area contributed by atoms with E-state index in [1.807, 2.05) is 24.3 Å². The first-order chi connectivity index (χ1) is 13.6. The van der Waals surface area contributed by atoms with Gasteiger partial charge in [-0.05, 0) is 23.8 Å². The fourth-order valence-corrected chi connectivity index (χ4v) is 3.15. The number of halogens is 1. The van der Waals surface area contributed by atoms with Crippen LogP contribution in [0.25, 0.3) is 23.1 Å². The van der Waals surface area contributed by atoms with Crippen LogP contribution in [0.1, 0.15) is 27.0 Å². The van der Waals surface area contributed by atoms with Crippen LogP contribution in [-0.2, 0) is 0 Å². The molecule has 0 saturated carbocycles. The van der Waals surface area contributed by atoms with E-state index in [1.165, 1.54) is 12.1 Å². The number of aromatic nitrogens is 1. The summed E-state index contributed by atoms with van der Waals surface area (Å²) in [6.45, 7) is 0. The van der Waals surface area contributed by atoms with Crippen molar-refractivity contribution in [1.29, 1.82) is 0 Å². The fraction of sp³-hybridized carbons (Fsp3) is 0. The van der Waals surface area contributed by atoms with Crippen LogP contribution < -0.4 is 5.56 Å². The second kappa shape index (κ2) is 7.45. The Morgan fingerprint density at radius 1 is 0.821 bits per heavy atom. The van der Waals surface area contributed by atoms with E-state index in [-0.39, 0.29) is 17.2 Å². The van der Waals surface area contributed by atoms with Gasteiger partial charge in [0.05, 0.1) is 5.56 Å². The number of nitrogens with one attached hydrogen (secondary N) is 1. The largest absolute Gasteiger partial charge is 0.321 e. The normalized spacial score (nSPS) is 11.2. The van der Waals surface area contributed by atoms with Crippen LogP contribution in [0.2, 0.25) is 0 Å². The number of benzene rings is 3. The summed E-state index contributed by atoms with van der Waals surface area (Å²) in [6, 6.07) is 22.0. The monoisotopic (exact) mass is 369 g/mol. The lowest BCUT2D eigenvalue weighted by Gasteiger charge is -2.09. The number of carbonyl (C=O) groups excluding carboxylic acids is 1. The van der Waals surface area contributed by atoms with Crippen molar-refractivity contribution in [2.24, 2.45) is 0 Å². The van der Waals surface area contributed by atoms with Gasteiger partial charge in [0.2, 0.25) is 0 Å². The Kier molecular flexibility index (Phi) is 4.68. The van der Waals surface area contributed by atoms with Gasteiger partial charge < -0.3 is 4.98 Å². The Morgan fingerprint density at radius 3 is 2.25 bits per heavy atom. The van der Waals surface area contributed by atoms with Crippen molar-refractivity contribution in [2.45, 2.75) is 0 Å². The molecular formula is C24H16FNO2. The van der Waals surface area contributed by atoms with Gasteiger partial charge in [-0.3, -0.25) is 9.59 Å². The molecule has 0 amide bonds. The summed E-state index contributed by atoms with van der Waals surface area (Å²) >= 11 is 0. The highest BCUT2D eigenvalue weighted by Crippen LogP contribution is 2.23. The molecule has 1 heterocycles. The van der Waals surface area contributed by atoms with Crippen molar-refractivity contribution in [3.8, 4) is 0 Å². The minimum atomic E-state index is -0.439. The maximum atomic E-state index is 13.2. The molecule has 0 bridgehead atoms. The predicted octanol–water partition coefficient (Wildman–Crippen LogP) is 5.07. The van der Waals surface area contributed by atoms with Crippen molar-refractivity contribution in [3.63, 3.8) is 0 Å². The molecule has 3 aromatic carbocycles. The Hall–Kier alpha value is -3.79. The number of hydrogen-bond donors (Lipinski definition) is 1. The van der Waals surface area contributed by atoms with Gasteiger partial charge in [0.1, 0.15) is 5.82 Å². The molecule has 0 fully saturated rings. The highest BCUT2D eigenvalue weighted by molar-refractivity contribution is 6.13. The molecule has 136 valence electrons. The number of pyridine rings is 1. The van der Waals surface area contributed by atoms with Crippen LogP contribution in [-0.4, -0.2) is 10.8 Å². The Labute approximate surface area is 160 Å². The second-order valence-corrected chi connectivity index (χ2v) is 6.37. The van der Waals surface area contributed by atoms with Gasteiger partial charge in [-0.25, -0.2) is 4.39 Å². The first kappa shape index (κ1) is 17.6. The summed E-state index contributed by atoms with van der Waals surface area (Å²) in [5.74, 6) is -0.662. The summed E-state index contributed by atoms with van der Waals surface area (Å²) in [7, 11) is 0. The highest BCUT2D eigenvalue weighted by atomic mass is 19.1. The lowest BCUT2D eigenvalue weighted by atomic mass is 9.95. The van der Waals surface area contributed by atoms with Gasteiger partial charge >= 0.3 is 0 Å². The summed E-state index contributed by atoms with van der Waals surface area (Å²) in [5, 5.41) is 0.764. The van der Waals surface area contributed by atoms with Crippen molar-refractivity contribution in [1.82, 2.24) is 4.98 Å². The highest BCUT2D eigenvalue weighted by Gasteiger charge is 2.19. The number of fused-ring (bicyclic) bond motifs is 1. The molecular weight excluding hydrogens is 353 g/mol. The van der Waals surface area contributed by atoms with Crippen molar-refractivity contribution in [2.75, 3.05) is 0 Å². The summed E-state index contributed by atoms with van der Waals surface area (Å²) in [4.78, 5) is 28.6. The number of para-hydroxylation sites is 1. The third kappa shape index (κ3) is 3.40. The molecule has 1 aromatic heterocycles. The molecule has 4 heteroatoms.